The summed E-state index contributed by atoms with van der Waals surface area (Å²) in [7, 11) is 0. The molecule has 9 nitrogen and oxygen atoms in total. The van der Waals surface area contributed by atoms with Gasteiger partial charge in [-0.3, -0.25) is 9.78 Å². The number of carbonyl (C=O) groups is 1. The van der Waals surface area contributed by atoms with E-state index in [-0.39, 0.29) is 11.8 Å². The number of aromatic nitrogens is 4. The van der Waals surface area contributed by atoms with Gasteiger partial charge in [0.05, 0.1) is 21.9 Å². The summed E-state index contributed by atoms with van der Waals surface area (Å²) in [5.74, 6) is 0.970. The normalized spacial score (nSPS) is 16.5. The number of hydrogen-bond donors (Lipinski definition) is 2. The molecule has 0 spiro atoms. The fraction of sp³-hybridized carbons (Fsp3) is 0.250. The van der Waals surface area contributed by atoms with E-state index in [0.717, 1.165) is 45.0 Å². The number of carbonyl (C=O) groups excluding carboxylic acids is 1. The van der Waals surface area contributed by atoms with Gasteiger partial charge in [-0.25, -0.2) is 4.98 Å². The van der Waals surface area contributed by atoms with Crippen LogP contribution in [0.3, 0.4) is 0 Å². The van der Waals surface area contributed by atoms with Crippen LogP contribution in [0.4, 0.5) is 5.82 Å². The van der Waals surface area contributed by atoms with Crippen molar-refractivity contribution in [2.75, 3.05) is 25.6 Å². The number of fused-ring (bicyclic) bond motifs is 2. The van der Waals surface area contributed by atoms with Gasteiger partial charge in [0.15, 0.2) is 12.4 Å². The van der Waals surface area contributed by atoms with Crippen LogP contribution in [0.2, 0.25) is 0 Å². The standard InChI is InChI=1S/C24H22BrN7O2/c25-20-21(14-5-7-31(8-6-14)24(33)19-12-27-13-34-19)30-23-17(11-29-32(23)22(20)26)16-9-15-3-1-2-4-18(15)28-10-16/h1-4,9-12,14,27H,5-8,13,26H2. The summed E-state index contributed by atoms with van der Waals surface area (Å²) >= 11 is 3.65. The quantitative estimate of drug-likeness (QED) is 0.426. The second-order valence-corrected chi connectivity index (χ2v) is 9.27. The molecule has 1 saturated heterocycles. The highest BCUT2D eigenvalue weighted by molar-refractivity contribution is 9.10. The van der Waals surface area contributed by atoms with Gasteiger partial charge < -0.3 is 20.7 Å². The monoisotopic (exact) mass is 519 g/mol. The molecule has 3 N–H and O–H groups in total. The van der Waals surface area contributed by atoms with Gasteiger partial charge in [0.1, 0.15) is 5.82 Å². The summed E-state index contributed by atoms with van der Waals surface area (Å²) in [4.78, 5) is 24.1. The van der Waals surface area contributed by atoms with Crippen molar-refractivity contribution in [2.45, 2.75) is 18.8 Å². The van der Waals surface area contributed by atoms with Crippen LogP contribution in [-0.2, 0) is 9.53 Å². The van der Waals surface area contributed by atoms with Crippen molar-refractivity contribution in [3.63, 3.8) is 0 Å². The van der Waals surface area contributed by atoms with E-state index in [4.69, 9.17) is 15.5 Å². The van der Waals surface area contributed by atoms with E-state index in [9.17, 15) is 4.79 Å². The molecule has 5 heterocycles. The Hall–Kier alpha value is -3.66. The third-order valence-electron chi connectivity index (χ3n) is 6.47. The molecule has 3 aromatic heterocycles. The van der Waals surface area contributed by atoms with Crippen LogP contribution in [0, 0.1) is 0 Å². The SMILES string of the molecule is Nc1c(Br)c(C2CCN(C(=O)C3=CNCO3)CC2)nc2c(-c3cnc4ccccc4c3)cnn12. The number of piperidine rings is 1. The molecular weight excluding hydrogens is 498 g/mol. The number of likely N-dealkylation sites (tertiary alicyclic amines) is 1. The van der Waals surface area contributed by atoms with Crippen LogP contribution < -0.4 is 11.1 Å². The predicted octanol–water partition coefficient (Wildman–Crippen LogP) is 3.41. The van der Waals surface area contributed by atoms with Crippen molar-refractivity contribution >= 4 is 44.2 Å². The molecule has 34 heavy (non-hydrogen) atoms. The number of para-hydroxylation sites is 1. The molecule has 6 rings (SSSR count). The van der Waals surface area contributed by atoms with E-state index in [1.54, 1.807) is 16.9 Å². The number of ether oxygens (including phenoxy) is 1. The van der Waals surface area contributed by atoms with E-state index >= 15 is 0 Å². The van der Waals surface area contributed by atoms with Gasteiger partial charge in [-0.05, 0) is 40.9 Å². The largest absolute Gasteiger partial charge is 0.466 e. The van der Waals surface area contributed by atoms with Gasteiger partial charge in [0, 0.05) is 47.9 Å². The Kier molecular flexibility index (Phi) is 5.09. The molecule has 0 radical (unpaired) electrons. The fourth-order valence-corrected chi connectivity index (χ4v) is 5.22. The molecule has 0 atom stereocenters. The average molecular weight is 520 g/mol. The second-order valence-electron chi connectivity index (χ2n) is 8.47. The molecule has 0 unspecified atom stereocenters. The number of nitrogens with zero attached hydrogens (tertiary/aromatic N) is 5. The van der Waals surface area contributed by atoms with Crippen molar-refractivity contribution in [1.29, 1.82) is 0 Å². The third-order valence-corrected chi connectivity index (χ3v) is 7.29. The van der Waals surface area contributed by atoms with Crippen molar-refractivity contribution in [1.82, 2.24) is 29.8 Å². The number of nitrogen functional groups attached to an aromatic ring is 1. The van der Waals surface area contributed by atoms with E-state index in [1.165, 1.54) is 0 Å². The summed E-state index contributed by atoms with van der Waals surface area (Å²) in [6, 6.07) is 10.1. The smallest absolute Gasteiger partial charge is 0.290 e. The summed E-state index contributed by atoms with van der Waals surface area (Å²) in [6.45, 7) is 1.60. The lowest BCUT2D eigenvalue weighted by Gasteiger charge is -2.32. The first-order valence-corrected chi connectivity index (χ1v) is 11.9. The minimum atomic E-state index is -0.0766. The number of amides is 1. The van der Waals surface area contributed by atoms with Crippen LogP contribution in [0.15, 0.2) is 59.2 Å². The lowest BCUT2D eigenvalue weighted by atomic mass is 9.93. The zero-order valence-electron chi connectivity index (χ0n) is 18.2. The number of nitrogens with one attached hydrogen (secondary N) is 1. The maximum absolute atomic E-state index is 12.6. The topological polar surface area (TPSA) is 111 Å². The van der Waals surface area contributed by atoms with Crippen LogP contribution in [-0.4, -0.2) is 50.2 Å². The van der Waals surface area contributed by atoms with E-state index in [0.29, 0.717) is 37.0 Å². The Labute approximate surface area is 203 Å². The van der Waals surface area contributed by atoms with E-state index in [2.05, 4.69) is 37.4 Å². The highest BCUT2D eigenvalue weighted by atomic mass is 79.9. The number of rotatable bonds is 3. The van der Waals surface area contributed by atoms with E-state index in [1.807, 2.05) is 35.4 Å². The number of nitrogens with two attached hydrogens (primary N) is 1. The Morgan fingerprint density at radius 1 is 1.21 bits per heavy atom. The molecule has 4 aromatic rings. The van der Waals surface area contributed by atoms with Crippen molar-refractivity contribution in [3.8, 4) is 11.1 Å². The number of anilines is 1. The van der Waals surface area contributed by atoms with Gasteiger partial charge in [-0.15, -0.1) is 0 Å². The van der Waals surface area contributed by atoms with Crippen molar-refractivity contribution in [2.24, 2.45) is 0 Å². The minimum Gasteiger partial charge on any atom is -0.466 e. The molecule has 172 valence electrons. The van der Waals surface area contributed by atoms with Crippen molar-refractivity contribution < 1.29 is 9.53 Å². The number of hydrogen-bond acceptors (Lipinski definition) is 7. The number of halogens is 1. The Bertz CT molecular complexity index is 1460. The molecule has 0 saturated carbocycles. The predicted molar refractivity (Wildman–Crippen MR) is 132 cm³/mol. The molecule has 1 amide bonds. The fourth-order valence-electron chi connectivity index (χ4n) is 4.64. The van der Waals surface area contributed by atoms with Crippen LogP contribution in [0.25, 0.3) is 27.7 Å². The molecule has 1 aromatic carbocycles. The number of pyridine rings is 1. The first-order chi connectivity index (χ1) is 16.6. The molecule has 2 aliphatic rings. The van der Waals surface area contributed by atoms with Gasteiger partial charge in [-0.1, -0.05) is 18.2 Å². The maximum Gasteiger partial charge on any atom is 0.290 e. The van der Waals surface area contributed by atoms with Crippen LogP contribution in [0.5, 0.6) is 0 Å². The maximum atomic E-state index is 12.6. The molecule has 2 aliphatic heterocycles. The number of benzene rings is 1. The van der Waals surface area contributed by atoms with Crippen LogP contribution in [0.1, 0.15) is 24.5 Å². The Morgan fingerprint density at radius 2 is 2.03 bits per heavy atom. The van der Waals surface area contributed by atoms with Crippen molar-refractivity contribution in [3.05, 3.63) is 64.9 Å². The minimum absolute atomic E-state index is 0.0766. The second kappa shape index (κ2) is 8.28. The highest BCUT2D eigenvalue weighted by Crippen LogP contribution is 2.37. The first-order valence-electron chi connectivity index (χ1n) is 11.1. The summed E-state index contributed by atoms with van der Waals surface area (Å²) in [5.41, 5.74) is 10.8. The lowest BCUT2D eigenvalue weighted by molar-refractivity contribution is -0.131. The van der Waals surface area contributed by atoms with Gasteiger partial charge in [0.25, 0.3) is 5.91 Å². The Balaban J connectivity index is 1.32. The first kappa shape index (κ1) is 20.9. The summed E-state index contributed by atoms with van der Waals surface area (Å²) in [6.07, 6.45) is 6.83. The highest BCUT2D eigenvalue weighted by Gasteiger charge is 2.30. The zero-order chi connectivity index (χ0) is 23.2. The molecule has 0 bridgehead atoms. The molecule has 10 heteroatoms. The molecule has 1 fully saturated rings. The van der Waals surface area contributed by atoms with E-state index < -0.39 is 0 Å². The van der Waals surface area contributed by atoms with Gasteiger partial charge >= 0.3 is 0 Å². The lowest BCUT2D eigenvalue weighted by Crippen LogP contribution is -2.39. The molecule has 0 aliphatic carbocycles. The molecular formula is C24H22BrN7O2. The van der Waals surface area contributed by atoms with Gasteiger partial charge in [-0.2, -0.15) is 9.61 Å². The zero-order valence-corrected chi connectivity index (χ0v) is 19.8. The average Bonchev–Trinajstić information content (AvgIpc) is 3.56. The Morgan fingerprint density at radius 3 is 2.82 bits per heavy atom. The third kappa shape index (κ3) is 3.45. The van der Waals surface area contributed by atoms with Gasteiger partial charge in [0.2, 0.25) is 5.76 Å². The summed E-state index contributed by atoms with van der Waals surface area (Å²) in [5, 5.41) is 8.46. The summed E-state index contributed by atoms with van der Waals surface area (Å²) < 4.78 is 7.76. The van der Waals surface area contributed by atoms with Crippen LogP contribution >= 0.6 is 15.9 Å².